The molecule has 1 aromatic carbocycles. The summed E-state index contributed by atoms with van der Waals surface area (Å²) in [5.41, 5.74) is 1.05. The Kier molecular flexibility index (Phi) is 3.34. The predicted molar refractivity (Wildman–Crippen MR) is 71.8 cm³/mol. The van der Waals surface area contributed by atoms with E-state index in [0.29, 0.717) is 23.8 Å². The molecule has 1 saturated carbocycles. The van der Waals surface area contributed by atoms with Crippen LogP contribution in [0.2, 0.25) is 0 Å². The minimum Gasteiger partial charge on any atom is -0.297 e. The third-order valence-corrected chi connectivity index (χ3v) is 4.02. The van der Waals surface area contributed by atoms with Crippen molar-refractivity contribution < 1.29 is 9.59 Å². The molecule has 0 bridgehead atoms. The summed E-state index contributed by atoms with van der Waals surface area (Å²) in [5, 5.41) is 3.34. The molecule has 0 atom stereocenters. The predicted octanol–water partition coefficient (Wildman–Crippen LogP) is 2.16. The Morgan fingerprint density at radius 1 is 1.00 bits per heavy atom. The smallest absolute Gasteiger partial charge is 0.262 e. The largest absolute Gasteiger partial charge is 0.297 e. The van der Waals surface area contributed by atoms with E-state index < -0.39 is 0 Å². The van der Waals surface area contributed by atoms with Crippen LogP contribution in [0.15, 0.2) is 24.3 Å². The Balaban J connectivity index is 1.67. The number of nitrogens with one attached hydrogen (secondary N) is 1. The molecule has 0 aromatic heterocycles. The van der Waals surface area contributed by atoms with E-state index in [2.05, 4.69) is 5.32 Å². The highest BCUT2D eigenvalue weighted by atomic mass is 16.2. The van der Waals surface area contributed by atoms with Gasteiger partial charge in [0, 0.05) is 6.04 Å². The van der Waals surface area contributed by atoms with E-state index in [4.69, 9.17) is 0 Å². The van der Waals surface area contributed by atoms with Gasteiger partial charge in [0.2, 0.25) is 0 Å². The number of nitrogens with zero attached hydrogens (tertiary/aromatic N) is 1. The molecule has 3 rings (SSSR count). The molecule has 0 radical (unpaired) electrons. The number of benzene rings is 1. The van der Waals surface area contributed by atoms with Crippen LogP contribution in [0, 0.1) is 0 Å². The Labute approximate surface area is 112 Å². The lowest BCUT2D eigenvalue weighted by Gasteiger charge is -2.25. The van der Waals surface area contributed by atoms with Crippen LogP contribution in [-0.2, 0) is 0 Å². The number of imide groups is 1. The van der Waals surface area contributed by atoms with Gasteiger partial charge in [0.15, 0.2) is 0 Å². The summed E-state index contributed by atoms with van der Waals surface area (Å²) in [5.74, 6) is -0.354. The number of carbonyl (C=O) groups excluding carboxylic acids is 2. The van der Waals surface area contributed by atoms with E-state index in [0.717, 1.165) is 12.8 Å². The first-order valence-corrected chi connectivity index (χ1v) is 6.96. The molecule has 4 heteroatoms. The summed E-state index contributed by atoms with van der Waals surface area (Å²) < 4.78 is 0. The van der Waals surface area contributed by atoms with Crippen molar-refractivity contribution in [3.63, 3.8) is 0 Å². The topological polar surface area (TPSA) is 49.4 Å². The van der Waals surface area contributed by atoms with Gasteiger partial charge < -0.3 is 0 Å². The van der Waals surface area contributed by atoms with Crippen LogP contribution in [0.5, 0.6) is 0 Å². The fourth-order valence-electron chi connectivity index (χ4n) is 2.91. The van der Waals surface area contributed by atoms with Crippen molar-refractivity contribution in [3.05, 3.63) is 35.4 Å². The third kappa shape index (κ3) is 2.28. The van der Waals surface area contributed by atoms with Crippen molar-refractivity contribution in [2.45, 2.75) is 38.1 Å². The Bertz CT molecular complexity index is 472. The second-order valence-electron chi connectivity index (χ2n) is 5.28. The number of fused-ring (bicyclic) bond motifs is 1. The van der Waals surface area contributed by atoms with Gasteiger partial charge in [-0.05, 0) is 25.0 Å². The summed E-state index contributed by atoms with van der Waals surface area (Å²) in [6.45, 7) is 0.330. The van der Waals surface area contributed by atoms with Crippen LogP contribution in [0.4, 0.5) is 0 Å². The van der Waals surface area contributed by atoms with Gasteiger partial charge in [-0.25, -0.2) is 0 Å². The van der Waals surface area contributed by atoms with Crippen molar-refractivity contribution >= 4 is 11.8 Å². The van der Waals surface area contributed by atoms with Crippen LogP contribution >= 0.6 is 0 Å². The van der Waals surface area contributed by atoms with Gasteiger partial charge >= 0.3 is 0 Å². The van der Waals surface area contributed by atoms with Crippen molar-refractivity contribution in [2.24, 2.45) is 0 Å². The number of hydrogen-bond donors (Lipinski definition) is 1. The third-order valence-electron chi connectivity index (χ3n) is 4.02. The molecular formula is C15H18N2O2. The SMILES string of the molecule is O=C1c2ccccc2C(=O)N1CNC1CCCCC1. The van der Waals surface area contributed by atoms with E-state index in [1.807, 2.05) is 0 Å². The molecule has 1 heterocycles. The van der Waals surface area contributed by atoms with Crippen LogP contribution in [0.3, 0.4) is 0 Å². The maximum Gasteiger partial charge on any atom is 0.262 e. The van der Waals surface area contributed by atoms with E-state index >= 15 is 0 Å². The van der Waals surface area contributed by atoms with E-state index in [9.17, 15) is 9.59 Å². The molecule has 1 aliphatic heterocycles. The fourth-order valence-corrected chi connectivity index (χ4v) is 2.91. The average Bonchev–Trinajstić information content (AvgIpc) is 2.71. The first-order valence-electron chi connectivity index (χ1n) is 6.96. The van der Waals surface area contributed by atoms with Gasteiger partial charge in [-0.15, -0.1) is 0 Å². The molecule has 0 spiro atoms. The lowest BCUT2D eigenvalue weighted by Crippen LogP contribution is -2.43. The van der Waals surface area contributed by atoms with Crippen molar-refractivity contribution in [2.75, 3.05) is 6.67 Å². The number of carbonyl (C=O) groups is 2. The maximum atomic E-state index is 12.1. The van der Waals surface area contributed by atoms with Gasteiger partial charge in [-0.2, -0.15) is 0 Å². The number of rotatable bonds is 3. The standard InChI is InChI=1S/C15H18N2O2/c18-14-12-8-4-5-9-13(12)15(19)17(14)10-16-11-6-2-1-3-7-11/h4-5,8-9,11,16H,1-3,6-7,10H2. The molecule has 1 fully saturated rings. The molecule has 1 aromatic rings. The second kappa shape index (κ2) is 5.13. The molecule has 4 nitrogen and oxygen atoms in total. The molecule has 2 amide bonds. The molecule has 1 N–H and O–H groups in total. The minimum absolute atomic E-state index is 0.177. The zero-order chi connectivity index (χ0) is 13.2. The monoisotopic (exact) mass is 258 g/mol. The highest BCUT2D eigenvalue weighted by Crippen LogP contribution is 2.22. The molecule has 2 aliphatic rings. The highest BCUT2D eigenvalue weighted by Gasteiger charge is 2.35. The lowest BCUT2D eigenvalue weighted by molar-refractivity contribution is 0.0633. The van der Waals surface area contributed by atoms with Crippen molar-refractivity contribution in [1.29, 1.82) is 0 Å². The minimum atomic E-state index is -0.177. The molecule has 100 valence electrons. The van der Waals surface area contributed by atoms with Crippen LogP contribution < -0.4 is 5.32 Å². The summed E-state index contributed by atoms with van der Waals surface area (Å²) >= 11 is 0. The molecular weight excluding hydrogens is 240 g/mol. The number of amides is 2. The summed E-state index contributed by atoms with van der Waals surface area (Å²) in [6.07, 6.45) is 6.05. The molecule has 0 saturated heterocycles. The second-order valence-corrected chi connectivity index (χ2v) is 5.28. The summed E-state index contributed by atoms with van der Waals surface area (Å²) in [4.78, 5) is 25.6. The highest BCUT2D eigenvalue weighted by molar-refractivity contribution is 6.21. The lowest BCUT2D eigenvalue weighted by atomic mass is 9.96. The van der Waals surface area contributed by atoms with Gasteiger partial charge in [-0.3, -0.25) is 19.8 Å². The summed E-state index contributed by atoms with van der Waals surface area (Å²) in [6, 6.07) is 7.47. The van der Waals surface area contributed by atoms with E-state index in [1.165, 1.54) is 24.2 Å². The van der Waals surface area contributed by atoms with E-state index in [1.54, 1.807) is 24.3 Å². The van der Waals surface area contributed by atoms with Gasteiger partial charge in [0.05, 0.1) is 17.8 Å². The zero-order valence-corrected chi connectivity index (χ0v) is 10.9. The van der Waals surface area contributed by atoms with Crippen molar-refractivity contribution in [1.82, 2.24) is 10.2 Å². The molecule has 0 unspecified atom stereocenters. The Morgan fingerprint density at radius 2 is 1.58 bits per heavy atom. The van der Waals surface area contributed by atoms with Gasteiger partial charge in [0.25, 0.3) is 11.8 Å². The Hall–Kier alpha value is -1.68. The maximum absolute atomic E-state index is 12.1. The van der Waals surface area contributed by atoms with Crippen LogP contribution in [-0.4, -0.2) is 29.4 Å². The van der Waals surface area contributed by atoms with Crippen LogP contribution in [0.25, 0.3) is 0 Å². The molecule has 19 heavy (non-hydrogen) atoms. The molecule has 1 aliphatic carbocycles. The normalized spacial score (nSPS) is 19.9. The average molecular weight is 258 g/mol. The van der Waals surface area contributed by atoms with Crippen molar-refractivity contribution in [3.8, 4) is 0 Å². The first-order chi connectivity index (χ1) is 9.27. The van der Waals surface area contributed by atoms with Gasteiger partial charge in [-0.1, -0.05) is 31.4 Å². The zero-order valence-electron chi connectivity index (χ0n) is 10.9. The van der Waals surface area contributed by atoms with Gasteiger partial charge in [0.1, 0.15) is 0 Å². The summed E-state index contributed by atoms with van der Waals surface area (Å²) in [7, 11) is 0. The van der Waals surface area contributed by atoms with E-state index in [-0.39, 0.29) is 11.8 Å². The number of hydrogen-bond acceptors (Lipinski definition) is 3. The quantitative estimate of drug-likeness (QED) is 0.845. The Morgan fingerprint density at radius 3 is 2.16 bits per heavy atom. The van der Waals surface area contributed by atoms with Crippen LogP contribution in [0.1, 0.15) is 52.8 Å². The fraction of sp³-hybridized carbons (Fsp3) is 0.467. The first kappa shape index (κ1) is 12.4.